The summed E-state index contributed by atoms with van der Waals surface area (Å²) in [6.45, 7) is 0. The van der Waals surface area contributed by atoms with Crippen molar-refractivity contribution in [1.29, 1.82) is 0 Å². The van der Waals surface area contributed by atoms with Crippen LogP contribution in [-0.2, 0) is 0 Å². The maximum Gasteiger partial charge on any atom is 0.337 e. The molecule has 0 aliphatic rings. The van der Waals surface area contributed by atoms with E-state index in [2.05, 4.69) is 25.9 Å². The molecular weight excluding hydrogens is 337 g/mol. The lowest BCUT2D eigenvalue weighted by atomic mass is 10.1. The number of amides is 1. The molecule has 0 saturated heterocycles. The SMILES string of the molecule is COc1cc(NC(=O)c2cc(N)c3nnnn3n2)c(C(=O)O)cc1F. The first kappa shape index (κ1) is 16.0. The van der Waals surface area contributed by atoms with Crippen LogP contribution in [0.3, 0.4) is 0 Å². The summed E-state index contributed by atoms with van der Waals surface area (Å²) in [6, 6.07) is 3.01. The van der Waals surface area contributed by atoms with Gasteiger partial charge in [0.25, 0.3) is 5.91 Å². The van der Waals surface area contributed by atoms with Gasteiger partial charge in [-0.1, -0.05) is 0 Å². The van der Waals surface area contributed by atoms with Crippen molar-refractivity contribution in [2.75, 3.05) is 18.2 Å². The van der Waals surface area contributed by atoms with Gasteiger partial charge in [-0.3, -0.25) is 4.79 Å². The fourth-order valence-electron chi connectivity index (χ4n) is 2.05. The van der Waals surface area contributed by atoms with Crippen LogP contribution in [0.5, 0.6) is 5.75 Å². The number of carboxylic acid groups (broad SMARTS) is 1. The number of rotatable bonds is 4. The van der Waals surface area contributed by atoms with Gasteiger partial charge in [-0.15, -0.1) is 14.8 Å². The molecule has 1 amide bonds. The Labute approximate surface area is 138 Å². The van der Waals surface area contributed by atoms with Gasteiger partial charge in [-0.25, -0.2) is 9.18 Å². The zero-order valence-electron chi connectivity index (χ0n) is 12.6. The summed E-state index contributed by atoms with van der Waals surface area (Å²) in [4.78, 5) is 23.6. The number of nitrogen functional groups attached to an aromatic ring is 1. The number of nitrogens with one attached hydrogen (secondary N) is 1. The molecule has 128 valence electrons. The van der Waals surface area contributed by atoms with E-state index in [-0.39, 0.29) is 28.5 Å². The molecule has 2 heterocycles. The second-order valence-corrected chi connectivity index (χ2v) is 4.77. The highest BCUT2D eigenvalue weighted by Gasteiger charge is 2.20. The lowest BCUT2D eigenvalue weighted by molar-refractivity contribution is 0.0697. The van der Waals surface area contributed by atoms with E-state index in [0.29, 0.717) is 0 Å². The molecule has 0 aliphatic heterocycles. The summed E-state index contributed by atoms with van der Waals surface area (Å²) in [7, 11) is 1.21. The first-order valence-corrected chi connectivity index (χ1v) is 6.67. The first-order chi connectivity index (χ1) is 11.9. The third kappa shape index (κ3) is 2.87. The Morgan fingerprint density at radius 2 is 2.12 bits per heavy atom. The number of carboxylic acids is 1. The molecule has 12 heteroatoms. The summed E-state index contributed by atoms with van der Waals surface area (Å²) in [6.07, 6.45) is 0. The summed E-state index contributed by atoms with van der Waals surface area (Å²) in [5.74, 6) is -3.33. The molecule has 0 radical (unpaired) electrons. The van der Waals surface area contributed by atoms with Gasteiger partial charge in [0.2, 0.25) is 5.65 Å². The number of ether oxygens (including phenoxy) is 1. The Hall–Kier alpha value is -3.83. The van der Waals surface area contributed by atoms with Crippen molar-refractivity contribution >= 4 is 28.9 Å². The predicted molar refractivity (Wildman–Crippen MR) is 80.9 cm³/mol. The number of hydrogen-bond acceptors (Lipinski definition) is 8. The number of fused-ring (bicyclic) bond motifs is 1. The number of halogens is 1. The third-order valence-electron chi connectivity index (χ3n) is 3.21. The molecule has 0 spiro atoms. The van der Waals surface area contributed by atoms with Crippen LogP contribution in [0, 0.1) is 5.82 Å². The van der Waals surface area contributed by atoms with Gasteiger partial charge in [0.15, 0.2) is 17.3 Å². The Morgan fingerprint density at radius 3 is 2.80 bits per heavy atom. The summed E-state index contributed by atoms with van der Waals surface area (Å²) in [5.41, 5.74) is 5.19. The lowest BCUT2D eigenvalue weighted by Crippen LogP contribution is -2.18. The summed E-state index contributed by atoms with van der Waals surface area (Å²) < 4.78 is 19.4. The number of methoxy groups -OCH3 is 1. The normalized spacial score (nSPS) is 10.6. The van der Waals surface area contributed by atoms with Gasteiger partial charge in [-0.2, -0.15) is 0 Å². The highest BCUT2D eigenvalue weighted by Crippen LogP contribution is 2.27. The van der Waals surface area contributed by atoms with Crippen molar-refractivity contribution in [2.24, 2.45) is 0 Å². The van der Waals surface area contributed by atoms with Crippen LogP contribution in [0.4, 0.5) is 15.8 Å². The van der Waals surface area contributed by atoms with E-state index in [1.807, 2.05) is 0 Å². The third-order valence-corrected chi connectivity index (χ3v) is 3.21. The maximum absolute atomic E-state index is 13.7. The van der Waals surface area contributed by atoms with Crippen LogP contribution in [0.2, 0.25) is 0 Å². The first-order valence-electron chi connectivity index (χ1n) is 6.67. The monoisotopic (exact) mass is 347 g/mol. The topological polar surface area (TPSA) is 158 Å². The van der Waals surface area contributed by atoms with Crippen molar-refractivity contribution in [2.45, 2.75) is 0 Å². The van der Waals surface area contributed by atoms with Gasteiger partial charge in [0, 0.05) is 6.07 Å². The Bertz CT molecular complexity index is 1000. The molecule has 3 rings (SSSR count). The number of carbonyl (C=O) groups is 2. The van der Waals surface area contributed by atoms with E-state index >= 15 is 0 Å². The fraction of sp³-hybridized carbons (Fsp3) is 0.0769. The predicted octanol–water partition coefficient (Wildman–Crippen LogP) is 0.200. The number of hydrogen-bond donors (Lipinski definition) is 3. The number of tetrazole rings is 1. The van der Waals surface area contributed by atoms with Gasteiger partial charge in [-0.05, 0) is 22.6 Å². The van der Waals surface area contributed by atoms with Gasteiger partial charge in [0.1, 0.15) is 0 Å². The van der Waals surface area contributed by atoms with Crippen LogP contribution >= 0.6 is 0 Å². The number of aromatic nitrogens is 5. The van der Waals surface area contributed by atoms with E-state index in [9.17, 15) is 14.0 Å². The van der Waals surface area contributed by atoms with Crippen LogP contribution < -0.4 is 15.8 Å². The Morgan fingerprint density at radius 1 is 1.36 bits per heavy atom. The minimum Gasteiger partial charge on any atom is -0.494 e. The van der Waals surface area contributed by atoms with Crippen molar-refractivity contribution in [1.82, 2.24) is 25.3 Å². The van der Waals surface area contributed by atoms with E-state index in [1.165, 1.54) is 13.2 Å². The fourth-order valence-corrected chi connectivity index (χ4v) is 2.05. The largest absolute Gasteiger partial charge is 0.494 e. The number of anilines is 2. The number of nitrogens with zero attached hydrogens (tertiary/aromatic N) is 5. The smallest absolute Gasteiger partial charge is 0.337 e. The Balaban J connectivity index is 2.00. The number of benzene rings is 1. The van der Waals surface area contributed by atoms with Crippen LogP contribution in [0.15, 0.2) is 18.2 Å². The molecule has 0 aliphatic carbocycles. The zero-order chi connectivity index (χ0) is 18.1. The molecule has 0 fully saturated rings. The molecule has 25 heavy (non-hydrogen) atoms. The van der Waals surface area contributed by atoms with E-state index in [1.54, 1.807) is 0 Å². The average molecular weight is 347 g/mol. The van der Waals surface area contributed by atoms with Crippen molar-refractivity contribution in [3.8, 4) is 5.75 Å². The average Bonchev–Trinajstić information content (AvgIpc) is 3.04. The quantitative estimate of drug-likeness (QED) is 0.599. The number of nitrogens with two attached hydrogens (primary N) is 1. The molecule has 4 N–H and O–H groups in total. The minimum absolute atomic E-state index is 0.0975. The molecule has 0 saturated carbocycles. The van der Waals surface area contributed by atoms with Gasteiger partial charge in [0.05, 0.1) is 24.0 Å². The molecule has 0 bridgehead atoms. The minimum atomic E-state index is -1.43. The second-order valence-electron chi connectivity index (χ2n) is 4.77. The Kier molecular flexibility index (Phi) is 3.85. The number of aromatic carboxylic acids is 1. The van der Waals surface area contributed by atoms with Crippen LogP contribution in [0.25, 0.3) is 5.65 Å². The summed E-state index contributed by atoms with van der Waals surface area (Å²) >= 11 is 0. The van der Waals surface area contributed by atoms with E-state index < -0.39 is 23.3 Å². The van der Waals surface area contributed by atoms with Gasteiger partial charge < -0.3 is 20.9 Å². The standard InChI is InChI=1S/C13H10FN7O4/c1-25-10-4-8(5(13(23)24)2-6(10)14)16-12(22)9-3-7(15)11-17-19-20-21(11)18-9/h2-4H,15H2,1H3,(H,16,22)(H,23,24). The molecule has 0 unspecified atom stereocenters. The molecule has 0 atom stereocenters. The molecule has 11 nitrogen and oxygen atoms in total. The molecule has 1 aromatic carbocycles. The second kappa shape index (κ2) is 5.99. The van der Waals surface area contributed by atoms with Gasteiger partial charge >= 0.3 is 5.97 Å². The maximum atomic E-state index is 13.7. The van der Waals surface area contributed by atoms with Crippen LogP contribution in [-0.4, -0.2) is 49.3 Å². The zero-order valence-corrected chi connectivity index (χ0v) is 12.6. The molecular formula is C13H10FN7O4. The van der Waals surface area contributed by atoms with E-state index in [4.69, 9.17) is 15.6 Å². The van der Waals surface area contributed by atoms with Crippen LogP contribution in [0.1, 0.15) is 20.8 Å². The molecule has 3 aromatic rings. The summed E-state index contributed by atoms with van der Waals surface area (Å²) in [5, 5.41) is 25.9. The number of carbonyl (C=O) groups excluding carboxylic acids is 1. The highest BCUT2D eigenvalue weighted by atomic mass is 19.1. The highest BCUT2D eigenvalue weighted by molar-refractivity contribution is 6.07. The van der Waals surface area contributed by atoms with Crippen molar-refractivity contribution in [3.05, 3.63) is 35.3 Å². The van der Waals surface area contributed by atoms with E-state index in [0.717, 1.165) is 16.8 Å². The molecule has 2 aromatic heterocycles. The van der Waals surface area contributed by atoms with Crippen molar-refractivity contribution in [3.63, 3.8) is 0 Å². The van der Waals surface area contributed by atoms with Crippen molar-refractivity contribution < 1.29 is 23.8 Å². The lowest BCUT2D eigenvalue weighted by Gasteiger charge is -2.11.